The van der Waals surface area contributed by atoms with Crippen LogP contribution in [0.3, 0.4) is 0 Å². The van der Waals surface area contributed by atoms with Crippen LogP contribution in [0.15, 0.2) is 30.3 Å². The van der Waals surface area contributed by atoms with Crippen LogP contribution in [0.4, 0.5) is 0 Å². The maximum Gasteiger partial charge on any atom is 0.241 e. The maximum atomic E-state index is 12.6. The first-order chi connectivity index (χ1) is 9.83. The second-order valence-electron chi connectivity index (χ2n) is 6.45. The minimum Gasteiger partial charge on any atom is -0.378 e. The largest absolute Gasteiger partial charge is 0.378 e. The average molecular weight is 290 g/mol. The van der Waals surface area contributed by atoms with Crippen LogP contribution in [0.1, 0.15) is 45.7 Å². The third-order valence-corrected chi connectivity index (χ3v) is 4.88. The molecule has 1 aromatic carbocycles. The van der Waals surface area contributed by atoms with Gasteiger partial charge in [0.1, 0.15) is 5.54 Å². The molecule has 1 saturated carbocycles. The Kier molecular flexibility index (Phi) is 4.40. The molecular weight excluding hydrogens is 264 g/mol. The molecule has 4 heteroatoms. The lowest BCUT2D eigenvalue weighted by molar-refractivity contribution is -0.171. The highest BCUT2D eigenvalue weighted by Crippen LogP contribution is 2.50. The van der Waals surface area contributed by atoms with Crippen molar-refractivity contribution in [3.05, 3.63) is 35.9 Å². The minimum atomic E-state index is -0.865. The van der Waals surface area contributed by atoms with Gasteiger partial charge < -0.3 is 15.8 Å². The van der Waals surface area contributed by atoms with E-state index < -0.39 is 5.54 Å². The number of amides is 1. The summed E-state index contributed by atoms with van der Waals surface area (Å²) in [7, 11) is 0. The van der Waals surface area contributed by atoms with E-state index in [1.54, 1.807) is 0 Å². The summed E-state index contributed by atoms with van der Waals surface area (Å²) in [5, 5.41) is 3.04. The van der Waals surface area contributed by atoms with Gasteiger partial charge in [-0.15, -0.1) is 0 Å². The van der Waals surface area contributed by atoms with Gasteiger partial charge in [0.2, 0.25) is 5.91 Å². The molecule has 2 rings (SSSR count). The number of nitrogens with two attached hydrogens (primary N) is 1. The van der Waals surface area contributed by atoms with Gasteiger partial charge in [-0.25, -0.2) is 0 Å². The zero-order chi connectivity index (χ0) is 15.7. The fraction of sp³-hybridized carbons (Fsp3) is 0.588. The van der Waals surface area contributed by atoms with Crippen molar-refractivity contribution in [1.82, 2.24) is 5.32 Å². The van der Waals surface area contributed by atoms with E-state index in [1.807, 2.05) is 58.0 Å². The van der Waals surface area contributed by atoms with Gasteiger partial charge in [-0.3, -0.25) is 4.79 Å². The number of hydrogen-bond donors (Lipinski definition) is 2. The van der Waals surface area contributed by atoms with Gasteiger partial charge in [-0.1, -0.05) is 44.2 Å². The highest BCUT2D eigenvalue weighted by molar-refractivity contribution is 5.89. The van der Waals surface area contributed by atoms with Gasteiger partial charge in [-0.2, -0.15) is 0 Å². The topological polar surface area (TPSA) is 64.3 Å². The molecule has 0 bridgehead atoms. The Labute approximate surface area is 127 Å². The molecule has 1 amide bonds. The summed E-state index contributed by atoms with van der Waals surface area (Å²) in [6.07, 6.45) is 0.617. The predicted molar refractivity (Wildman–Crippen MR) is 83.7 cm³/mol. The van der Waals surface area contributed by atoms with Crippen LogP contribution in [0.25, 0.3) is 0 Å². The minimum absolute atomic E-state index is 0.0466. The highest BCUT2D eigenvalue weighted by atomic mass is 16.5. The highest BCUT2D eigenvalue weighted by Gasteiger charge is 2.62. The third kappa shape index (κ3) is 2.70. The SMILES string of the molecule is CCOC1CC(N)(C(=O)NC(C)c2ccccc2)C1(C)C. The summed E-state index contributed by atoms with van der Waals surface area (Å²) in [6, 6.07) is 9.85. The summed E-state index contributed by atoms with van der Waals surface area (Å²) in [5.74, 6) is -0.0974. The molecule has 21 heavy (non-hydrogen) atoms. The molecule has 3 N–H and O–H groups in total. The fourth-order valence-electron chi connectivity index (χ4n) is 2.97. The smallest absolute Gasteiger partial charge is 0.241 e. The van der Waals surface area contributed by atoms with Crippen molar-refractivity contribution in [2.45, 2.75) is 51.8 Å². The van der Waals surface area contributed by atoms with Crippen LogP contribution in [0.2, 0.25) is 0 Å². The van der Waals surface area contributed by atoms with Crippen molar-refractivity contribution in [3.8, 4) is 0 Å². The Bertz CT molecular complexity index is 501. The first-order valence-electron chi connectivity index (χ1n) is 7.59. The van der Waals surface area contributed by atoms with Gasteiger partial charge in [0.05, 0.1) is 12.1 Å². The van der Waals surface area contributed by atoms with E-state index in [0.717, 1.165) is 5.56 Å². The molecule has 0 aliphatic heterocycles. The molecule has 0 radical (unpaired) electrons. The monoisotopic (exact) mass is 290 g/mol. The molecule has 1 aromatic rings. The van der Waals surface area contributed by atoms with Gasteiger partial charge in [-0.05, 0) is 19.4 Å². The van der Waals surface area contributed by atoms with E-state index >= 15 is 0 Å². The van der Waals surface area contributed by atoms with Crippen molar-refractivity contribution in [1.29, 1.82) is 0 Å². The second kappa shape index (κ2) is 5.78. The number of carbonyl (C=O) groups excluding carboxylic acids is 1. The van der Waals surface area contributed by atoms with Crippen LogP contribution >= 0.6 is 0 Å². The zero-order valence-electron chi connectivity index (χ0n) is 13.3. The Morgan fingerprint density at radius 2 is 2.05 bits per heavy atom. The maximum absolute atomic E-state index is 12.6. The van der Waals surface area contributed by atoms with Crippen molar-refractivity contribution in [2.24, 2.45) is 11.1 Å². The Hall–Kier alpha value is -1.39. The molecule has 0 aromatic heterocycles. The van der Waals surface area contributed by atoms with E-state index in [1.165, 1.54) is 0 Å². The van der Waals surface area contributed by atoms with Gasteiger partial charge in [0.25, 0.3) is 0 Å². The molecule has 4 nitrogen and oxygen atoms in total. The summed E-state index contributed by atoms with van der Waals surface area (Å²) in [4.78, 5) is 12.6. The van der Waals surface area contributed by atoms with Gasteiger partial charge in [0, 0.05) is 18.4 Å². The normalized spacial score (nSPS) is 28.5. The van der Waals surface area contributed by atoms with Crippen molar-refractivity contribution < 1.29 is 9.53 Å². The number of hydrogen-bond acceptors (Lipinski definition) is 3. The number of nitrogens with one attached hydrogen (secondary N) is 1. The lowest BCUT2D eigenvalue weighted by atomic mass is 9.54. The Morgan fingerprint density at radius 1 is 1.43 bits per heavy atom. The fourth-order valence-corrected chi connectivity index (χ4v) is 2.97. The third-order valence-electron chi connectivity index (χ3n) is 4.88. The molecule has 0 saturated heterocycles. The summed E-state index contributed by atoms with van der Waals surface area (Å²) < 4.78 is 5.67. The van der Waals surface area contributed by atoms with Crippen LogP contribution in [0.5, 0.6) is 0 Å². The molecule has 1 aliphatic rings. The summed E-state index contributed by atoms with van der Waals surface area (Å²) in [6.45, 7) is 8.59. The summed E-state index contributed by atoms with van der Waals surface area (Å²) >= 11 is 0. The molecule has 3 atom stereocenters. The molecule has 116 valence electrons. The molecular formula is C17H26N2O2. The standard InChI is InChI=1S/C17H26N2O2/c1-5-21-14-11-17(18,16(14,3)4)15(20)19-12(2)13-9-7-6-8-10-13/h6-10,12,14H,5,11,18H2,1-4H3,(H,19,20). The van der Waals surface area contributed by atoms with Crippen LogP contribution in [-0.2, 0) is 9.53 Å². The first-order valence-corrected chi connectivity index (χ1v) is 7.59. The lowest BCUT2D eigenvalue weighted by Crippen LogP contribution is -2.75. The van der Waals surface area contributed by atoms with Crippen LogP contribution in [-0.4, -0.2) is 24.2 Å². The molecule has 1 fully saturated rings. The van der Waals surface area contributed by atoms with Crippen LogP contribution in [0, 0.1) is 5.41 Å². The van der Waals surface area contributed by atoms with Crippen molar-refractivity contribution >= 4 is 5.91 Å². The number of ether oxygens (including phenoxy) is 1. The van der Waals surface area contributed by atoms with Crippen molar-refractivity contribution in [3.63, 3.8) is 0 Å². The first kappa shape index (κ1) is 16.0. The number of rotatable bonds is 5. The number of carbonyl (C=O) groups is 1. The van der Waals surface area contributed by atoms with Gasteiger partial charge in [0.15, 0.2) is 0 Å². The van der Waals surface area contributed by atoms with E-state index in [4.69, 9.17) is 10.5 Å². The molecule has 1 aliphatic carbocycles. The molecule has 0 heterocycles. The second-order valence-corrected chi connectivity index (χ2v) is 6.45. The van der Waals surface area contributed by atoms with Crippen LogP contribution < -0.4 is 11.1 Å². The van der Waals surface area contributed by atoms with E-state index in [0.29, 0.717) is 13.0 Å². The quantitative estimate of drug-likeness (QED) is 0.875. The molecule has 3 unspecified atom stereocenters. The van der Waals surface area contributed by atoms with E-state index in [2.05, 4.69) is 5.32 Å². The number of benzene rings is 1. The van der Waals surface area contributed by atoms with E-state index in [9.17, 15) is 4.79 Å². The zero-order valence-corrected chi connectivity index (χ0v) is 13.3. The van der Waals surface area contributed by atoms with E-state index in [-0.39, 0.29) is 23.5 Å². The Balaban J connectivity index is 2.04. The predicted octanol–water partition coefficient (Wildman–Crippen LogP) is 2.40. The molecule has 0 spiro atoms. The average Bonchev–Trinajstić information content (AvgIpc) is 2.47. The lowest BCUT2D eigenvalue weighted by Gasteiger charge is -2.57. The van der Waals surface area contributed by atoms with Gasteiger partial charge >= 0.3 is 0 Å². The summed E-state index contributed by atoms with van der Waals surface area (Å²) in [5.41, 5.74) is 6.23. The van der Waals surface area contributed by atoms with Crippen molar-refractivity contribution in [2.75, 3.05) is 6.61 Å². The Morgan fingerprint density at radius 3 is 2.57 bits per heavy atom.